The first kappa shape index (κ1) is 18.3. The fourth-order valence-electron chi connectivity index (χ4n) is 0.573. The first-order valence-corrected chi connectivity index (χ1v) is 6.26. The predicted octanol–water partition coefficient (Wildman–Crippen LogP) is -0.141. The van der Waals surface area contributed by atoms with Crippen LogP contribution in [-0.2, 0) is 14.3 Å². The fourth-order valence-corrected chi connectivity index (χ4v) is 1.06. The van der Waals surface area contributed by atoms with Crippen molar-refractivity contribution in [3.8, 4) is 0 Å². The van der Waals surface area contributed by atoms with Crippen molar-refractivity contribution in [2.45, 2.75) is 12.5 Å². The topological polar surface area (TPSA) is 110 Å². The van der Waals surface area contributed by atoms with Crippen LogP contribution in [0.15, 0.2) is 12.7 Å². The van der Waals surface area contributed by atoms with Crippen LogP contribution in [0.1, 0.15) is 6.42 Å². The van der Waals surface area contributed by atoms with Gasteiger partial charge in [0.15, 0.2) is 0 Å². The van der Waals surface area contributed by atoms with Crippen LogP contribution < -0.4 is 5.73 Å². The second kappa shape index (κ2) is 13.0. The van der Waals surface area contributed by atoms with Gasteiger partial charge in [0.1, 0.15) is 12.6 Å². The predicted molar refractivity (Wildman–Crippen MR) is 66.9 cm³/mol. The maximum Gasteiger partial charge on any atom is 0.330 e. The van der Waals surface area contributed by atoms with E-state index in [2.05, 4.69) is 11.3 Å². The van der Waals surface area contributed by atoms with E-state index < -0.39 is 18.0 Å². The first-order chi connectivity index (χ1) is 7.99. The number of ether oxygens (including phenoxy) is 1. The summed E-state index contributed by atoms with van der Waals surface area (Å²) in [7, 11) is 0. The highest BCUT2D eigenvalue weighted by atomic mass is 32.2. The summed E-state index contributed by atoms with van der Waals surface area (Å²) >= 11 is 1.60. The van der Waals surface area contributed by atoms with Crippen LogP contribution in [0.4, 0.5) is 0 Å². The molecule has 1 atom stereocenters. The van der Waals surface area contributed by atoms with Crippen LogP contribution in [0.3, 0.4) is 0 Å². The standard InChI is InChI=1S/C5H11NO2S.C5H8O3/c1-9-3-2-4(6)5(7)8;1-2-5(7)8-4-3-6/h4H,2-3,6H2,1H3,(H,7,8);2,6H,1,3-4H2. The van der Waals surface area contributed by atoms with Gasteiger partial charge in [-0.1, -0.05) is 6.58 Å². The molecule has 100 valence electrons. The molecule has 4 N–H and O–H groups in total. The normalized spacial score (nSPS) is 10.8. The number of hydrogen-bond donors (Lipinski definition) is 3. The van der Waals surface area contributed by atoms with Crippen molar-refractivity contribution < 1.29 is 24.5 Å². The molecule has 7 heteroatoms. The molecule has 0 aliphatic carbocycles. The number of thioether (sulfide) groups is 1. The minimum atomic E-state index is -0.913. The minimum Gasteiger partial charge on any atom is -0.480 e. The molecule has 0 saturated heterocycles. The second-order valence-corrected chi connectivity index (χ2v) is 3.81. The van der Waals surface area contributed by atoms with Crippen LogP contribution in [0.5, 0.6) is 0 Å². The molecular formula is C10H19NO5S. The van der Waals surface area contributed by atoms with E-state index in [1.54, 1.807) is 11.8 Å². The van der Waals surface area contributed by atoms with Gasteiger partial charge in [-0.05, 0) is 18.4 Å². The molecule has 17 heavy (non-hydrogen) atoms. The molecule has 0 bridgehead atoms. The van der Waals surface area contributed by atoms with Gasteiger partial charge in [0.25, 0.3) is 0 Å². The van der Waals surface area contributed by atoms with Gasteiger partial charge >= 0.3 is 11.9 Å². The highest BCUT2D eigenvalue weighted by molar-refractivity contribution is 7.98. The van der Waals surface area contributed by atoms with Gasteiger partial charge in [-0.25, -0.2) is 4.79 Å². The van der Waals surface area contributed by atoms with Crippen LogP contribution in [0, 0.1) is 0 Å². The van der Waals surface area contributed by atoms with Crippen LogP contribution in [0.2, 0.25) is 0 Å². The van der Waals surface area contributed by atoms with Crippen molar-refractivity contribution in [2.75, 3.05) is 25.2 Å². The van der Waals surface area contributed by atoms with Gasteiger partial charge in [0.2, 0.25) is 0 Å². The lowest BCUT2D eigenvalue weighted by atomic mass is 10.2. The van der Waals surface area contributed by atoms with Gasteiger partial charge in [0, 0.05) is 6.08 Å². The zero-order chi connectivity index (χ0) is 13.7. The molecule has 0 rings (SSSR count). The monoisotopic (exact) mass is 265 g/mol. The Morgan fingerprint density at radius 3 is 2.53 bits per heavy atom. The Hall–Kier alpha value is -1.05. The molecule has 1 unspecified atom stereocenters. The van der Waals surface area contributed by atoms with Gasteiger partial charge in [0.05, 0.1) is 6.61 Å². The summed E-state index contributed by atoms with van der Waals surface area (Å²) < 4.78 is 4.33. The molecule has 0 amide bonds. The van der Waals surface area contributed by atoms with Crippen molar-refractivity contribution in [3.63, 3.8) is 0 Å². The molecule has 0 aliphatic heterocycles. The lowest BCUT2D eigenvalue weighted by Gasteiger charge is -2.02. The lowest BCUT2D eigenvalue weighted by Crippen LogP contribution is -2.30. The van der Waals surface area contributed by atoms with E-state index in [0.29, 0.717) is 6.42 Å². The average Bonchev–Trinajstić information content (AvgIpc) is 2.33. The second-order valence-electron chi connectivity index (χ2n) is 2.82. The van der Waals surface area contributed by atoms with Crippen molar-refractivity contribution >= 4 is 23.7 Å². The number of rotatable bonds is 7. The van der Waals surface area contributed by atoms with Crippen molar-refractivity contribution in [3.05, 3.63) is 12.7 Å². The summed E-state index contributed by atoms with van der Waals surface area (Å²) in [6.07, 6.45) is 3.53. The molecule has 0 radical (unpaired) electrons. The number of aliphatic carboxylic acids is 1. The summed E-state index contributed by atoms with van der Waals surface area (Å²) in [5.41, 5.74) is 5.19. The van der Waals surface area contributed by atoms with Crippen molar-refractivity contribution in [2.24, 2.45) is 5.73 Å². The molecular weight excluding hydrogens is 246 g/mol. The number of nitrogens with two attached hydrogens (primary N) is 1. The Morgan fingerprint density at radius 1 is 1.59 bits per heavy atom. The van der Waals surface area contributed by atoms with E-state index in [-0.39, 0.29) is 13.2 Å². The minimum absolute atomic E-state index is 0.0465. The zero-order valence-electron chi connectivity index (χ0n) is 9.80. The maximum atomic E-state index is 10.1. The molecule has 6 nitrogen and oxygen atoms in total. The summed E-state index contributed by atoms with van der Waals surface area (Å²) in [6, 6.07) is -0.683. The largest absolute Gasteiger partial charge is 0.480 e. The Labute approximate surface area is 105 Å². The lowest BCUT2D eigenvalue weighted by molar-refractivity contribution is -0.139. The number of aliphatic hydroxyl groups is 1. The van der Waals surface area contributed by atoms with Gasteiger partial charge < -0.3 is 20.7 Å². The number of carboxylic acids is 1. The molecule has 0 saturated carbocycles. The highest BCUT2D eigenvalue weighted by Gasteiger charge is 2.08. The summed E-state index contributed by atoms with van der Waals surface area (Å²) in [6.45, 7) is 3.06. The Kier molecular flexibility index (Phi) is 14.0. The van der Waals surface area contributed by atoms with Crippen LogP contribution in [0.25, 0.3) is 0 Å². The van der Waals surface area contributed by atoms with E-state index in [0.717, 1.165) is 11.8 Å². The van der Waals surface area contributed by atoms with Crippen molar-refractivity contribution in [1.29, 1.82) is 0 Å². The number of aliphatic hydroxyl groups excluding tert-OH is 1. The van der Waals surface area contributed by atoms with E-state index in [1.807, 2.05) is 6.26 Å². The number of carboxylic acid groups (broad SMARTS) is 1. The Bertz CT molecular complexity index is 235. The summed E-state index contributed by atoms with van der Waals surface area (Å²) in [5.74, 6) is -0.601. The van der Waals surface area contributed by atoms with Crippen LogP contribution in [-0.4, -0.2) is 53.4 Å². The molecule has 0 fully saturated rings. The number of carbonyl (C=O) groups excluding carboxylic acids is 1. The number of esters is 1. The van der Waals surface area contributed by atoms with Gasteiger partial charge in [-0.3, -0.25) is 4.79 Å². The number of carbonyl (C=O) groups is 2. The molecule has 0 aromatic carbocycles. The molecule has 0 spiro atoms. The average molecular weight is 265 g/mol. The van der Waals surface area contributed by atoms with E-state index >= 15 is 0 Å². The van der Waals surface area contributed by atoms with E-state index in [1.165, 1.54) is 0 Å². The quantitative estimate of drug-likeness (QED) is 0.434. The zero-order valence-corrected chi connectivity index (χ0v) is 10.6. The third kappa shape index (κ3) is 14.9. The van der Waals surface area contributed by atoms with E-state index in [9.17, 15) is 9.59 Å². The molecule has 0 aliphatic rings. The highest BCUT2D eigenvalue weighted by Crippen LogP contribution is 1.97. The smallest absolute Gasteiger partial charge is 0.330 e. The maximum absolute atomic E-state index is 10.1. The van der Waals surface area contributed by atoms with Crippen LogP contribution >= 0.6 is 11.8 Å². The molecule has 0 heterocycles. The molecule has 0 aromatic heterocycles. The first-order valence-electron chi connectivity index (χ1n) is 4.86. The summed E-state index contributed by atoms with van der Waals surface area (Å²) in [4.78, 5) is 20.2. The Balaban J connectivity index is 0. The third-order valence-electron chi connectivity index (χ3n) is 1.45. The van der Waals surface area contributed by atoms with E-state index in [4.69, 9.17) is 15.9 Å². The Morgan fingerprint density at radius 2 is 2.18 bits per heavy atom. The van der Waals surface area contributed by atoms with Crippen molar-refractivity contribution in [1.82, 2.24) is 0 Å². The molecule has 0 aromatic rings. The number of hydrogen-bond acceptors (Lipinski definition) is 6. The SMILES string of the molecule is C=CC(=O)OCCO.CSCCC(N)C(=O)O. The van der Waals surface area contributed by atoms with Gasteiger partial charge in [-0.2, -0.15) is 11.8 Å². The third-order valence-corrected chi connectivity index (χ3v) is 2.10. The summed E-state index contributed by atoms with van der Waals surface area (Å²) in [5, 5.41) is 16.4. The fraction of sp³-hybridized carbons (Fsp3) is 0.600. The van der Waals surface area contributed by atoms with Gasteiger partial charge in [-0.15, -0.1) is 0 Å².